The second kappa shape index (κ2) is 20.7. The summed E-state index contributed by atoms with van der Waals surface area (Å²) in [4.78, 5) is 10.3. The molecule has 2 nitrogen and oxygen atoms in total. The SMILES string of the molecule is CCCCCCCCCCCCCCCCCC(=O)O.[Ca+2]. The summed E-state index contributed by atoms with van der Waals surface area (Å²) >= 11 is 0. The summed E-state index contributed by atoms with van der Waals surface area (Å²) < 4.78 is 0. The van der Waals surface area contributed by atoms with E-state index in [4.69, 9.17) is 5.11 Å². The summed E-state index contributed by atoms with van der Waals surface area (Å²) in [5.74, 6) is -0.653. The van der Waals surface area contributed by atoms with Gasteiger partial charge >= 0.3 is 43.7 Å². The molecule has 0 saturated carbocycles. The van der Waals surface area contributed by atoms with Crippen molar-refractivity contribution in [3.63, 3.8) is 0 Å². The minimum absolute atomic E-state index is 0. The van der Waals surface area contributed by atoms with E-state index in [2.05, 4.69) is 6.92 Å². The van der Waals surface area contributed by atoms with E-state index in [1.165, 1.54) is 83.5 Å². The zero-order valence-electron chi connectivity index (χ0n) is 14.4. The molecule has 3 heteroatoms. The van der Waals surface area contributed by atoms with Crippen molar-refractivity contribution < 1.29 is 9.90 Å². The van der Waals surface area contributed by atoms with Crippen molar-refractivity contribution in [2.75, 3.05) is 0 Å². The van der Waals surface area contributed by atoms with E-state index >= 15 is 0 Å². The third kappa shape index (κ3) is 23.1. The zero-order chi connectivity index (χ0) is 14.9. The molecule has 0 spiro atoms. The molecular formula is C18H36CaO2+2. The van der Waals surface area contributed by atoms with Crippen LogP contribution in [0.5, 0.6) is 0 Å². The van der Waals surface area contributed by atoms with Gasteiger partial charge in [0.25, 0.3) is 0 Å². The van der Waals surface area contributed by atoms with Crippen LogP contribution in [0.4, 0.5) is 0 Å². The van der Waals surface area contributed by atoms with Crippen molar-refractivity contribution in [1.82, 2.24) is 0 Å². The molecule has 0 heterocycles. The van der Waals surface area contributed by atoms with E-state index < -0.39 is 5.97 Å². The summed E-state index contributed by atoms with van der Waals surface area (Å²) in [5, 5.41) is 8.52. The van der Waals surface area contributed by atoms with E-state index in [0.717, 1.165) is 12.8 Å². The first-order valence-electron chi connectivity index (χ1n) is 8.99. The molecule has 0 atom stereocenters. The molecule has 21 heavy (non-hydrogen) atoms. The molecule has 0 bridgehead atoms. The fourth-order valence-electron chi connectivity index (χ4n) is 2.65. The van der Waals surface area contributed by atoms with Crippen LogP contribution in [0.2, 0.25) is 0 Å². The Kier molecular flexibility index (Phi) is 23.7. The van der Waals surface area contributed by atoms with Gasteiger partial charge in [-0.05, 0) is 6.42 Å². The number of hydrogen-bond acceptors (Lipinski definition) is 1. The molecule has 120 valence electrons. The van der Waals surface area contributed by atoms with Crippen LogP contribution in [0.3, 0.4) is 0 Å². The Bertz CT molecular complexity index is 207. The van der Waals surface area contributed by atoms with Crippen LogP contribution in [0.25, 0.3) is 0 Å². The number of rotatable bonds is 16. The van der Waals surface area contributed by atoms with Gasteiger partial charge in [0, 0.05) is 6.42 Å². The average Bonchev–Trinajstić information content (AvgIpc) is 2.43. The Morgan fingerprint density at radius 3 is 1.19 bits per heavy atom. The first kappa shape index (κ1) is 24.0. The van der Waals surface area contributed by atoms with Gasteiger partial charge in [0.1, 0.15) is 0 Å². The minimum Gasteiger partial charge on any atom is -0.481 e. The smallest absolute Gasteiger partial charge is 0.481 e. The fourth-order valence-corrected chi connectivity index (χ4v) is 2.65. The molecular weight excluding hydrogens is 288 g/mol. The quantitative estimate of drug-likeness (QED) is 0.281. The molecule has 0 aliphatic heterocycles. The summed E-state index contributed by atoms with van der Waals surface area (Å²) in [7, 11) is 0. The van der Waals surface area contributed by atoms with Gasteiger partial charge in [-0.3, -0.25) is 4.79 Å². The molecule has 0 unspecified atom stereocenters. The first-order valence-corrected chi connectivity index (χ1v) is 8.99. The van der Waals surface area contributed by atoms with Crippen LogP contribution in [0.1, 0.15) is 110 Å². The van der Waals surface area contributed by atoms with Crippen molar-refractivity contribution in [2.24, 2.45) is 0 Å². The maximum atomic E-state index is 10.3. The van der Waals surface area contributed by atoms with Crippen molar-refractivity contribution in [2.45, 2.75) is 110 Å². The van der Waals surface area contributed by atoms with Crippen LogP contribution >= 0.6 is 0 Å². The molecule has 0 aliphatic carbocycles. The number of carboxylic acids is 1. The van der Waals surface area contributed by atoms with Crippen LogP contribution in [0, 0.1) is 0 Å². The predicted octanol–water partition coefficient (Wildman–Crippen LogP) is 5.95. The second-order valence-electron chi connectivity index (χ2n) is 6.09. The Balaban J connectivity index is 0. The van der Waals surface area contributed by atoms with Crippen LogP contribution in [-0.4, -0.2) is 48.8 Å². The van der Waals surface area contributed by atoms with Crippen molar-refractivity contribution in [1.29, 1.82) is 0 Å². The Morgan fingerprint density at radius 2 is 0.905 bits per heavy atom. The molecule has 0 aromatic carbocycles. The fraction of sp³-hybridized carbons (Fsp3) is 0.944. The molecule has 0 rings (SSSR count). The molecule has 0 aromatic heterocycles. The standard InChI is InChI=1S/C18H36O2.Ca/c1-2-3-4-5-6-7-8-9-10-11-12-13-14-15-16-17-18(19)20;/h2-17H2,1H3,(H,19,20);/q;+2. The molecule has 0 aromatic rings. The number of unbranched alkanes of at least 4 members (excludes halogenated alkanes) is 14. The number of carbonyl (C=O) groups is 1. The van der Waals surface area contributed by atoms with Gasteiger partial charge in [0.15, 0.2) is 0 Å². The average molecular weight is 325 g/mol. The van der Waals surface area contributed by atoms with Crippen molar-refractivity contribution in [3.05, 3.63) is 0 Å². The van der Waals surface area contributed by atoms with E-state index in [1.807, 2.05) is 0 Å². The summed E-state index contributed by atoms with van der Waals surface area (Å²) in [5.41, 5.74) is 0. The summed E-state index contributed by atoms with van der Waals surface area (Å²) in [6, 6.07) is 0. The molecule has 1 N–H and O–H groups in total. The summed E-state index contributed by atoms with van der Waals surface area (Å²) in [6.07, 6.45) is 20.2. The Morgan fingerprint density at radius 1 is 0.619 bits per heavy atom. The van der Waals surface area contributed by atoms with Gasteiger partial charge in [-0.25, -0.2) is 0 Å². The second-order valence-corrected chi connectivity index (χ2v) is 6.09. The van der Waals surface area contributed by atoms with Crippen LogP contribution < -0.4 is 0 Å². The Labute approximate surface area is 162 Å². The maximum absolute atomic E-state index is 10.3. The monoisotopic (exact) mass is 324 g/mol. The molecule has 0 aliphatic rings. The van der Waals surface area contributed by atoms with Crippen molar-refractivity contribution >= 4 is 43.7 Å². The van der Waals surface area contributed by atoms with E-state index in [0.29, 0.717) is 6.42 Å². The largest absolute Gasteiger partial charge is 2.00 e. The van der Waals surface area contributed by atoms with Gasteiger partial charge in [-0.1, -0.05) is 96.8 Å². The number of aliphatic carboxylic acids is 1. The van der Waals surface area contributed by atoms with Gasteiger partial charge in [0.2, 0.25) is 0 Å². The van der Waals surface area contributed by atoms with E-state index in [9.17, 15) is 4.79 Å². The minimum atomic E-state index is -0.653. The summed E-state index contributed by atoms with van der Waals surface area (Å²) in [6.45, 7) is 2.27. The van der Waals surface area contributed by atoms with Gasteiger partial charge in [-0.15, -0.1) is 0 Å². The molecule has 0 radical (unpaired) electrons. The van der Waals surface area contributed by atoms with Gasteiger partial charge in [0.05, 0.1) is 0 Å². The molecule has 0 saturated heterocycles. The van der Waals surface area contributed by atoms with Crippen LogP contribution in [0.15, 0.2) is 0 Å². The molecule has 0 fully saturated rings. The van der Waals surface area contributed by atoms with E-state index in [-0.39, 0.29) is 37.7 Å². The third-order valence-corrected chi connectivity index (χ3v) is 3.99. The van der Waals surface area contributed by atoms with Crippen molar-refractivity contribution in [3.8, 4) is 0 Å². The van der Waals surface area contributed by atoms with E-state index in [1.54, 1.807) is 0 Å². The van der Waals surface area contributed by atoms with Gasteiger partial charge < -0.3 is 5.11 Å². The third-order valence-electron chi connectivity index (χ3n) is 3.99. The predicted molar refractivity (Wildman–Crippen MR) is 92.9 cm³/mol. The molecule has 0 amide bonds. The number of hydrogen-bond donors (Lipinski definition) is 1. The normalized spacial score (nSPS) is 10.3. The first-order chi connectivity index (χ1) is 9.77. The zero-order valence-corrected chi connectivity index (χ0v) is 16.6. The van der Waals surface area contributed by atoms with Crippen LogP contribution in [-0.2, 0) is 4.79 Å². The van der Waals surface area contributed by atoms with Gasteiger partial charge in [-0.2, -0.15) is 0 Å². The maximum Gasteiger partial charge on any atom is 2.00 e. The number of carboxylic acid groups (broad SMARTS) is 1. The topological polar surface area (TPSA) is 37.3 Å². The Hall–Kier alpha value is 0.730.